The molecule has 3 heterocycles. The van der Waals surface area contributed by atoms with Crippen LogP contribution in [0.4, 0.5) is 5.82 Å². The fourth-order valence-corrected chi connectivity index (χ4v) is 2.37. The van der Waals surface area contributed by atoms with Gasteiger partial charge in [0, 0.05) is 51.7 Å². The number of nitrogens with one attached hydrogen (secondary N) is 1. The standard InChI is InChI=1S/C14H20N6/c1-19-8-10-20(11-9-19)7-6-16-13-3-2-12-14(18-13)17-5-4-15-12/h2-5H,6-11H2,1H3,(H,16,17,18). The van der Waals surface area contributed by atoms with E-state index >= 15 is 0 Å². The summed E-state index contributed by atoms with van der Waals surface area (Å²) >= 11 is 0. The van der Waals surface area contributed by atoms with Gasteiger partial charge in [-0.1, -0.05) is 0 Å². The highest BCUT2D eigenvalue weighted by Gasteiger charge is 2.12. The molecule has 0 unspecified atom stereocenters. The molecule has 0 spiro atoms. The zero-order valence-electron chi connectivity index (χ0n) is 11.8. The van der Waals surface area contributed by atoms with E-state index < -0.39 is 0 Å². The first-order chi connectivity index (χ1) is 9.81. The molecule has 1 aliphatic rings. The van der Waals surface area contributed by atoms with Gasteiger partial charge in [0.1, 0.15) is 11.3 Å². The third-order valence-electron chi connectivity index (χ3n) is 3.66. The average Bonchev–Trinajstić information content (AvgIpc) is 2.49. The predicted molar refractivity (Wildman–Crippen MR) is 79.8 cm³/mol. The summed E-state index contributed by atoms with van der Waals surface area (Å²) in [5.74, 6) is 0.868. The number of aromatic nitrogens is 3. The summed E-state index contributed by atoms with van der Waals surface area (Å²) in [7, 11) is 2.18. The Bertz CT molecular complexity index is 564. The molecule has 0 aliphatic carbocycles. The van der Waals surface area contributed by atoms with Crippen molar-refractivity contribution in [2.45, 2.75) is 0 Å². The van der Waals surface area contributed by atoms with Crippen molar-refractivity contribution in [3.8, 4) is 0 Å². The maximum absolute atomic E-state index is 4.46. The van der Waals surface area contributed by atoms with Crippen LogP contribution in [-0.2, 0) is 0 Å². The molecule has 1 saturated heterocycles. The maximum atomic E-state index is 4.46. The molecule has 0 aromatic carbocycles. The van der Waals surface area contributed by atoms with E-state index in [1.54, 1.807) is 12.4 Å². The van der Waals surface area contributed by atoms with Gasteiger partial charge in [0.25, 0.3) is 0 Å². The molecule has 20 heavy (non-hydrogen) atoms. The van der Waals surface area contributed by atoms with Crippen LogP contribution in [0.1, 0.15) is 0 Å². The molecule has 106 valence electrons. The van der Waals surface area contributed by atoms with Gasteiger partial charge in [-0.3, -0.25) is 9.88 Å². The minimum absolute atomic E-state index is 0.692. The summed E-state index contributed by atoms with van der Waals surface area (Å²) < 4.78 is 0. The largest absolute Gasteiger partial charge is 0.369 e. The number of anilines is 1. The van der Waals surface area contributed by atoms with Crippen LogP contribution < -0.4 is 5.32 Å². The Labute approximate surface area is 118 Å². The van der Waals surface area contributed by atoms with Crippen LogP contribution in [0.3, 0.4) is 0 Å². The lowest BCUT2D eigenvalue weighted by Gasteiger charge is -2.32. The minimum atomic E-state index is 0.692. The molecule has 0 amide bonds. The van der Waals surface area contributed by atoms with E-state index in [0.717, 1.165) is 50.6 Å². The Morgan fingerprint density at radius 1 is 1.10 bits per heavy atom. The molecular weight excluding hydrogens is 252 g/mol. The Kier molecular flexibility index (Phi) is 4.03. The van der Waals surface area contributed by atoms with E-state index in [4.69, 9.17) is 0 Å². The second-order valence-electron chi connectivity index (χ2n) is 5.17. The van der Waals surface area contributed by atoms with Gasteiger partial charge in [0.2, 0.25) is 0 Å². The number of piperazine rings is 1. The van der Waals surface area contributed by atoms with Gasteiger partial charge in [-0.2, -0.15) is 0 Å². The van der Waals surface area contributed by atoms with Gasteiger partial charge in [-0.15, -0.1) is 0 Å². The quantitative estimate of drug-likeness (QED) is 0.883. The molecule has 2 aromatic rings. The third-order valence-corrected chi connectivity index (χ3v) is 3.66. The molecule has 0 atom stereocenters. The number of hydrogen-bond donors (Lipinski definition) is 1. The molecule has 0 bridgehead atoms. The van der Waals surface area contributed by atoms with Gasteiger partial charge in [0.15, 0.2) is 5.65 Å². The smallest absolute Gasteiger partial charge is 0.180 e. The van der Waals surface area contributed by atoms with Crippen molar-refractivity contribution < 1.29 is 0 Å². The first-order valence-electron chi connectivity index (χ1n) is 7.04. The summed E-state index contributed by atoms with van der Waals surface area (Å²) in [6, 6.07) is 3.91. The topological polar surface area (TPSA) is 57.2 Å². The van der Waals surface area contributed by atoms with Crippen LogP contribution in [0.15, 0.2) is 24.5 Å². The van der Waals surface area contributed by atoms with Crippen molar-refractivity contribution in [1.29, 1.82) is 0 Å². The summed E-state index contributed by atoms with van der Waals surface area (Å²) in [6.45, 7) is 6.56. The first-order valence-corrected chi connectivity index (χ1v) is 7.04. The summed E-state index contributed by atoms with van der Waals surface area (Å²) in [5.41, 5.74) is 1.52. The van der Waals surface area contributed by atoms with E-state index in [1.807, 2.05) is 12.1 Å². The molecule has 6 nitrogen and oxygen atoms in total. The molecule has 1 aliphatic heterocycles. The van der Waals surface area contributed by atoms with E-state index in [0.29, 0.717) is 5.65 Å². The molecule has 1 fully saturated rings. The van der Waals surface area contributed by atoms with E-state index in [1.165, 1.54) is 0 Å². The molecule has 2 aromatic heterocycles. The molecule has 6 heteroatoms. The monoisotopic (exact) mass is 272 g/mol. The normalized spacial score (nSPS) is 17.4. The predicted octanol–water partition coefficient (Wildman–Crippen LogP) is 0.684. The van der Waals surface area contributed by atoms with Crippen molar-refractivity contribution >= 4 is 17.0 Å². The Hall–Kier alpha value is -1.79. The fraction of sp³-hybridized carbons (Fsp3) is 0.500. The fourth-order valence-electron chi connectivity index (χ4n) is 2.37. The molecule has 3 rings (SSSR count). The van der Waals surface area contributed by atoms with Crippen LogP contribution in [0, 0.1) is 0 Å². The van der Waals surface area contributed by atoms with E-state index in [9.17, 15) is 0 Å². The summed E-state index contributed by atoms with van der Waals surface area (Å²) in [6.07, 6.45) is 3.35. The number of hydrogen-bond acceptors (Lipinski definition) is 6. The van der Waals surface area contributed by atoms with Crippen molar-refractivity contribution in [1.82, 2.24) is 24.8 Å². The maximum Gasteiger partial charge on any atom is 0.180 e. The molecule has 1 N–H and O–H groups in total. The van der Waals surface area contributed by atoms with Gasteiger partial charge in [-0.05, 0) is 19.2 Å². The lowest BCUT2D eigenvalue weighted by Crippen LogP contribution is -2.45. The minimum Gasteiger partial charge on any atom is -0.369 e. The number of rotatable bonds is 4. The Balaban J connectivity index is 1.52. The van der Waals surface area contributed by atoms with Crippen molar-refractivity contribution in [2.24, 2.45) is 0 Å². The SMILES string of the molecule is CN1CCN(CCNc2ccc3nccnc3n2)CC1. The van der Waals surface area contributed by atoms with Gasteiger partial charge >= 0.3 is 0 Å². The van der Waals surface area contributed by atoms with Crippen molar-refractivity contribution in [3.63, 3.8) is 0 Å². The summed E-state index contributed by atoms with van der Waals surface area (Å²) in [5, 5.41) is 3.36. The van der Waals surface area contributed by atoms with Crippen LogP contribution in [0.25, 0.3) is 11.2 Å². The van der Waals surface area contributed by atoms with Crippen LogP contribution in [0.5, 0.6) is 0 Å². The highest BCUT2D eigenvalue weighted by atomic mass is 15.2. The number of pyridine rings is 1. The van der Waals surface area contributed by atoms with Crippen molar-refractivity contribution in [2.75, 3.05) is 51.6 Å². The van der Waals surface area contributed by atoms with Crippen LogP contribution in [0.2, 0.25) is 0 Å². The average molecular weight is 272 g/mol. The molecule has 0 saturated carbocycles. The van der Waals surface area contributed by atoms with Gasteiger partial charge in [-0.25, -0.2) is 9.97 Å². The highest BCUT2D eigenvalue weighted by Crippen LogP contribution is 2.09. The van der Waals surface area contributed by atoms with E-state index in [2.05, 4.69) is 37.1 Å². The number of fused-ring (bicyclic) bond motifs is 1. The van der Waals surface area contributed by atoms with Gasteiger partial charge < -0.3 is 10.2 Å². The molecular formula is C14H20N6. The van der Waals surface area contributed by atoms with E-state index in [-0.39, 0.29) is 0 Å². The van der Waals surface area contributed by atoms with Gasteiger partial charge in [0.05, 0.1) is 0 Å². The van der Waals surface area contributed by atoms with Crippen LogP contribution in [-0.4, -0.2) is 71.1 Å². The zero-order chi connectivity index (χ0) is 13.8. The number of nitrogens with zero attached hydrogens (tertiary/aromatic N) is 5. The number of likely N-dealkylation sites (N-methyl/N-ethyl adjacent to an activating group) is 1. The first kappa shape index (κ1) is 13.2. The second-order valence-corrected chi connectivity index (χ2v) is 5.17. The third kappa shape index (κ3) is 3.20. The lowest BCUT2D eigenvalue weighted by molar-refractivity contribution is 0.158. The molecule has 0 radical (unpaired) electrons. The Morgan fingerprint density at radius 2 is 1.90 bits per heavy atom. The zero-order valence-corrected chi connectivity index (χ0v) is 11.8. The Morgan fingerprint density at radius 3 is 2.75 bits per heavy atom. The second kappa shape index (κ2) is 6.11. The lowest BCUT2D eigenvalue weighted by atomic mass is 10.3. The summed E-state index contributed by atoms with van der Waals surface area (Å²) in [4.78, 5) is 17.7. The highest BCUT2D eigenvalue weighted by molar-refractivity contribution is 5.71. The van der Waals surface area contributed by atoms with Crippen LogP contribution >= 0.6 is 0 Å². The van der Waals surface area contributed by atoms with Crippen molar-refractivity contribution in [3.05, 3.63) is 24.5 Å².